The van der Waals surface area contributed by atoms with Gasteiger partial charge in [-0.1, -0.05) is 44.2 Å². The zero-order valence-corrected chi connectivity index (χ0v) is 12.7. The van der Waals surface area contributed by atoms with Gasteiger partial charge < -0.3 is 15.0 Å². The van der Waals surface area contributed by atoms with Gasteiger partial charge in [0.2, 0.25) is 11.7 Å². The normalized spacial score (nSPS) is 20.6. The molecule has 5 heteroatoms. The minimum absolute atomic E-state index is 0.161. The van der Waals surface area contributed by atoms with Crippen LogP contribution in [0.15, 0.2) is 4.52 Å². The summed E-state index contributed by atoms with van der Waals surface area (Å²) in [5, 5.41) is 4.18. The minimum Gasteiger partial charge on any atom is -0.367 e. The van der Waals surface area contributed by atoms with E-state index in [4.69, 9.17) is 15.0 Å². The molecule has 0 aromatic carbocycles. The maximum Gasteiger partial charge on any atom is 0.243 e. The molecule has 2 rings (SSSR count). The number of ether oxygens (including phenoxy) is 1. The topological polar surface area (TPSA) is 74.2 Å². The lowest BCUT2D eigenvalue weighted by molar-refractivity contribution is -0.0636. The van der Waals surface area contributed by atoms with E-state index in [1.54, 1.807) is 0 Å². The summed E-state index contributed by atoms with van der Waals surface area (Å²) >= 11 is 0. The first-order valence-corrected chi connectivity index (χ1v) is 7.95. The van der Waals surface area contributed by atoms with E-state index in [2.05, 4.69) is 17.1 Å². The maximum absolute atomic E-state index is 6.06. The van der Waals surface area contributed by atoms with Crippen LogP contribution in [-0.4, -0.2) is 16.7 Å². The molecule has 1 heterocycles. The Morgan fingerprint density at radius 3 is 2.55 bits per heavy atom. The molecular formula is C15H27N3O2. The molecule has 0 bridgehead atoms. The van der Waals surface area contributed by atoms with Crippen molar-refractivity contribution in [3.63, 3.8) is 0 Å². The van der Waals surface area contributed by atoms with Crippen LogP contribution in [0.5, 0.6) is 0 Å². The Balaban J connectivity index is 2.20. The molecule has 1 fully saturated rings. The predicted molar refractivity (Wildman–Crippen MR) is 77.1 cm³/mol. The Bertz CT molecular complexity index is 398. The lowest BCUT2D eigenvalue weighted by Gasteiger charge is -2.29. The van der Waals surface area contributed by atoms with Crippen molar-refractivity contribution in [3.05, 3.63) is 11.7 Å². The Kier molecular flexibility index (Phi) is 5.54. The van der Waals surface area contributed by atoms with Crippen molar-refractivity contribution in [2.45, 2.75) is 76.9 Å². The van der Waals surface area contributed by atoms with E-state index < -0.39 is 0 Å². The van der Waals surface area contributed by atoms with E-state index in [1.807, 2.05) is 6.92 Å². The molecule has 5 nitrogen and oxygen atoms in total. The summed E-state index contributed by atoms with van der Waals surface area (Å²) in [6, 6.07) is -0.161. The SMILES string of the molecule is CCC[C@@H](N)c1nc(C2(OCC)CCCCCC2)no1. The number of nitrogens with zero attached hydrogens (tertiary/aromatic N) is 2. The highest BCUT2D eigenvalue weighted by atomic mass is 16.5. The number of rotatable bonds is 6. The summed E-state index contributed by atoms with van der Waals surface area (Å²) in [5.41, 5.74) is 5.70. The average molecular weight is 281 g/mol. The van der Waals surface area contributed by atoms with Crippen molar-refractivity contribution < 1.29 is 9.26 Å². The molecule has 0 spiro atoms. The first-order valence-electron chi connectivity index (χ1n) is 7.95. The molecule has 1 saturated carbocycles. The third-order valence-electron chi connectivity index (χ3n) is 4.10. The van der Waals surface area contributed by atoms with E-state index in [9.17, 15) is 0 Å². The van der Waals surface area contributed by atoms with Crippen LogP contribution in [0.2, 0.25) is 0 Å². The standard InChI is InChI=1S/C15H27N3O2/c1-3-9-12(16)13-17-14(18-20-13)15(19-4-2)10-7-5-6-8-11-15/h12H,3-11,16H2,1-2H3/t12-/m1/s1. The van der Waals surface area contributed by atoms with Crippen molar-refractivity contribution in [1.29, 1.82) is 0 Å². The third-order valence-corrected chi connectivity index (χ3v) is 4.10. The van der Waals surface area contributed by atoms with Crippen LogP contribution in [0.25, 0.3) is 0 Å². The smallest absolute Gasteiger partial charge is 0.243 e. The molecule has 2 N–H and O–H groups in total. The third kappa shape index (κ3) is 3.38. The Labute approximate surface area is 121 Å². The molecule has 1 aromatic rings. The predicted octanol–water partition coefficient (Wildman–Crippen LogP) is 3.46. The molecule has 20 heavy (non-hydrogen) atoms. The van der Waals surface area contributed by atoms with Gasteiger partial charge in [-0.2, -0.15) is 4.98 Å². The Morgan fingerprint density at radius 1 is 1.25 bits per heavy atom. The van der Waals surface area contributed by atoms with Gasteiger partial charge in [0, 0.05) is 6.61 Å². The highest BCUT2D eigenvalue weighted by Gasteiger charge is 2.38. The lowest BCUT2D eigenvalue weighted by atomic mass is 9.93. The minimum atomic E-state index is -0.362. The van der Waals surface area contributed by atoms with Gasteiger partial charge in [0.1, 0.15) is 5.60 Å². The summed E-state index contributed by atoms with van der Waals surface area (Å²) in [5.74, 6) is 1.24. The highest BCUT2D eigenvalue weighted by Crippen LogP contribution is 2.38. The van der Waals surface area contributed by atoms with E-state index >= 15 is 0 Å². The van der Waals surface area contributed by atoms with Crippen molar-refractivity contribution in [3.8, 4) is 0 Å². The monoisotopic (exact) mass is 281 g/mol. The van der Waals surface area contributed by atoms with Gasteiger partial charge in [0.25, 0.3) is 0 Å². The van der Waals surface area contributed by atoms with Crippen LogP contribution in [0.1, 0.15) is 83.0 Å². The summed E-state index contributed by atoms with van der Waals surface area (Å²) in [7, 11) is 0. The van der Waals surface area contributed by atoms with Gasteiger partial charge >= 0.3 is 0 Å². The first kappa shape index (κ1) is 15.4. The highest BCUT2D eigenvalue weighted by molar-refractivity contribution is 5.04. The van der Waals surface area contributed by atoms with Crippen molar-refractivity contribution in [2.24, 2.45) is 5.73 Å². The second kappa shape index (κ2) is 7.18. The van der Waals surface area contributed by atoms with Crippen LogP contribution in [0.4, 0.5) is 0 Å². The van der Waals surface area contributed by atoms with Gasteiger partial charge in [-0.3, -0.25) is 0 Å². The second-order valence-corrected chi connectivity index (χ2v) is 5.69. The molecule has 114 valence electrons. The molecule has 0 saturated heterocycles. The van der Waals surface area contributed by atoms with E-state index in [0.29, 0.717) is 18.3 Å². The fourth-order valence-electron chi connectivity index (χ4n) is 3.01. The van der Waals surface area contributed by atoms with Gasteiger partial charge in [0.15, 0.2) is 0 Å². The zero-order chi connectivity index (χ0) is 14.4. The summed E-state index contributed by atoms with van der Waals surface area (Å²) in [6.45, 7) is 4.80. The average Bonchev–Trinajstić information content (AvgIpc) is 2.82. The van der Waals surface area contributed by atoms with E-state index in [1.165, 1.54) is 12.8 Å². The number of nitrogens with two attached hydrogens (primary N) is 1. The summed E-state index contributed by atoms with van der Waals surface area (Å²) in [4.78, 5) is 4.56. The molecule has 1 aliphatic carbocycles. The molecule has 1 aliphatic rings. The van der Waals surface area contributed by atoms with Gasteiger partial charge in [-0.05, 0) is 26.2 Å². The van der Waals surface area contributed by atoms with Crippen LogP contribution >= 0.6 is 0 Å². The maximum atomic E-state index is 6.06. The number of hydrogen-bond acceptors (Lipinski definition) is 5. The van der Waals surface area contributed by atoms with Crippen molar-refractivity contribution >= 4 is 0 Å². The molecule has 0 amide bonds. The zero-order valence-electron chi connectivity index (χ0n) is 12.7. The summed E-state index contributed by atoms with van der Waals surface area (Å²) < 4.78 is 11.4. The Hall–Kier alpha value is -0.940. The van der Waals surface area contributed by atoms with Gasteiger partial charge in [-0.25, -0.2) is 0 Å². The van der Waals surface area contributed by atoms with Crippen LogP contribution in [-0.2, 0) is 10.3 Å². The van der Waals surface area contributed by atoms with Crippen molar-refractivity contribution in [2.75, 3.05) is 6.61 Å². The number of aromatic nitrogens is 2. The van der Waals surface area contributed by atoms with Gasteiger partial charge in [0.05, 0.1) is 6.04 Å². The molecule has 0 aliphatic heterocycles. The summed E-state index contributed by atoms with van der Waals surface area (Å²) in [6.07, 6.45) is 8.66. The van der Waals surface area contributed by atoms with Crippen LogP contribution in [0, 0.1) is 0 Å². The van der Waals surface area contributed by atoms with E-state index in [-0.39, 0.29) is 11.6 Å². The Morgan fingerprint density at radius 2 is 1.95 bits per heavy atom. The molecule has 0 radical (unpaired) electrons. The molecule has 1 atom stereocenters. The molecular weight excluding hydrogens is 254 g/mol. The fourth-order valence-corrected chi connectivity index (χ4v) is 3.01. The molecule has 1 aromatic heterocycles. The quantitative estimate of drug-likeness (QED) is 0.808. The van der Waals surface area contributed by atoms with Crippen LogP contribution in [0.3, 0.4) is 0 Å². The fraction of sp³-hybridized carbons (Fsp3) is 0.867. The van der Waals surface area contributed by atoms with E-state index in [0.717, 1.165) is 38.5 Å². The largest absolute Gasteiger partial charge is 0.367 e. The second-order valence-electron chi connectivity index (χ2n) is 5.69. The van der Waals surface area contributed by atoms with Gasteiger partial charge in [-0.15, -0.1) is 0 Å². The lowest BCUT2D eigenvalue weighted by Crippen LogP contribution is -2.31. The van der Waals surface area contributed by atoms with Crippen LogP contribution < -0.4 is 5.73 Å². The van der Waals surface area contributed by atoms with Crippen molar-refractivity contribution in [1.82, 2.24) is 10.1 Å². The molecule has 0 unspecified atom stereocenters. The number of hydrogen-bond donors (Lipinski definition) is 1. The first-order chi connectivity index (χ1) is 9.72.